The Hall–Kier alpha value is -1.43. The summed E-state index contributed by atoms with van der Waals surface area (Å²) in [5, 5.41) is 6.34. The number of halogens is 1. The maximum absolute atomic E-state index is 5.24. The van der Waals surface area contributed by atoms with Crippen molar-refractivity contribution in [2.24, 2.45) is 0 Å². The summed E-state index contributed by atoms with van der Waals surface area (Å²) in [6.07, 6.45) is 6.39. The summed E-state index contributed by atoms with van der Waals surface area (Å²) in [4.78, 5) is 7.86. The molecule has 6 heteroatoms. The van der Waals surface area contributed by atoms with Crippen molar-refractivity contribution in [1.82, 2.24) is 20.2 Å². The first kappa shape index (κ1) is 8.18. The van der Waals surface area contributed by atoms with Crippen LogP contribution < -0.4 is 4.74 Å². The summed E-state index contributed by atoms with van der Waals surface area (Å²) >= 11 is 3.22. The molecular formula is C7H5BrN4O. The van der Waals surface area contributed by atoms with Gasteiger partial charge in [-0.15, -0.1) is 0 Å². The third-order valence-corrected chi connectivity index (χ3v) is 1.69. The first-order valence-corrected chi connectivity index (χ1v) is 4.28. The van der Waals surface area contributed by atoms with Crippen LogP contribution in [0, 0.1) is 0 Å². The minimum Gasteiger partial charge on any atom is -0.421 e. The van der Waals surface area contributed by atoms with E-state index >= 15 is 0 Å². The maximum Gasteiger partial charge on any atom is 0.322 e. The van der Waals surface area contributed by atoms with Gasteiger partial charge >= 0.3 is 6.01 Å². The number of aromatic amines is 1. The Morgan fingerprint density at radius 3 is 2.62 bits per heavy atom. The van der Waals surface area contributed by atoms with Gasteiger partial charge < -0.3 is 4.74 Å². The summed E-state index contributed by atoms with van der Waals surface area (Å²) in [6.45, 7) is 0. The molecule has 2 heterocycles. The van der Waals surface area contributed by atoms with Crippen LogP contribution in [0.2, 0.25) is 0 Å². The lowest BCUT2D eigenvalue weighted by Crippen LogP contribution is -1.89. The van der Waals surface area contributed by atoms with E-state index in [0.717, 1.165) is 4.47 Å². The number of ether oxygens (including phenoxy) is 1. The summed E-state index contributed by atoms with van der Waals surface area (Å²) in [6, 6.07) is 0.296. The smallest absolute Gasteiger partial charge is 0.322 e. The predicted octanol–water partition coefficient (Wildman–Crippen LogP) is 1.75. The number of aromatic nitrogens is 4. The number of nitrogens with zero attached hydrogens (tertiary/aromatic N) is 3. The van der Waals surface area contributed by atoms with Crippen molar-refractivity contribution in [3.05, 3.63) is 29.3 Å². The molecule has 0 aliphatic heterocycles. The summed E-state index contributed by atoms with van der Waals surface area (Å²) in [5.41, 5.74) is 0. The second-order valence-electron chi connectivity index (χ2n) is 2.22. The minimum absolute atomic E-state index is 0.296. The molecule has 13 heavy (non-hydrogen) atoms. The van der Waals surface area contributed by atoms with Crippen LogP contribution in [-0.2, 0) is 0 Å². The van der Waals surface area contributed by atoms with Crippen molar-refractivity contribution in [2.75, 3.05) is 0 Å². The van der Waals surface area contributed by atoms with Gasteiger partial charge in [0, 0.05) is 12.4 Å². The Morgan fingerprint density at radius 2 is 2.00 bits per heavy atom. The molecule has 1 N–H and O–H groups in total. The van der Waals surface area contributed by atoms with Crippen LogP contribution in [0.1, 0.15) is 0 Å². The third kappa shape index (κ3) is 2.03. The number of nitrogens with one attached hydrogen (secondary N) is 1. The highest BCUT2D eigenvalue weighted by molar-refractivity contribution is 9.10. The van der Waals surface area contributed by atoms with Crippen molar-refractivity contribution in [3.63, 3.8) is 0 Å². The quantitative estimate of drug-likeness (QED) is 0.869. The Morgan fingerprint density at radius 1 is 1.23 bits per heavy atom. The van der Waals surface area contributed by atoms with E-state index in [-0.39, 0.29) is 0 Å². The van der Waals surface area contributed by atoms with Crippen LogP contribution in [0.3, 0.4) is 0 Å². The summed E-state index contributed by atoms with van der Waals surface area (Å²) < 4.78 is 6.05. The largest absolute Gasteiger partial charge is 0.421 e. The number of H-pyrrole nitrogens is 1. The van der Waals surface area contributed by atoms with Gasteiger partial charge in [-0.1, -0.05) is 0 Å². The molecule has 2 rings (SSSR count). The molecule has 66 valence electrons. The van der Waals surface area contributed by atoms with Gasteiger partial charge in [-0.2, -0.15) is 5.10 Å². The highest BCUT2D eigenvalue weighted by Crippen LogP contribution is 2.15. The Balaban J connectivity index is 2.15. The molecule has 5 nitrogen and oxygen atoms in total. The van der Waals surface area contributed by atoms with Gasteiger partial charge in [0.25, 0.3) is 0 Å². The van der Waals surface area contributed by atoms with Gasteiger partial charge in [0.2, 0.25) is 0 Å². The molecule has 0 atom stereocenters. The van der Waals surface area contributed by atoms with E-state index in [1.54, 1.807) is 24.8 Å². The maximum atomic E-state index is 5.24. The van der Waals surface area contributed by atoms with Crippen LogP contribution in [0.15, 0.2) is 29.3 Å². The molecule has 0 aromatic carbocycles. The molecule has 0 unspecified atom stereocenters. The number of hydrogen-bond donors (Lipinski definition) is 1. The molecule has 0 fully saturated rings. The normalized spacial score (nSPS) is 9.92. The molecule has 0 radical (unpaired) electrons. The molecule has 0 aliphatic carbocycles. The number of rotatable bonds is 2. The Bertz CT molecular complexity index is 372. The van der Waals surface area contributed by atoms with Gasteiger partial charge in [0.15, 0.2) is 5.75 Å². The molecule has 0 bridgehead atoms. The fourth-order valence-electron chi connectivity index (χ4n) is 0.753. The van der Waals surface area contributed by atoms with Crippen molar-refractivity contribution < 1.29 is 4.74 Å². The van der Waals surface area contributed by atoms with Crippen molar-refractivity contribution in [2.45, 2.75) is 0 Å². The molecular weight excluding hydrogens is 236 g/mol. The van der Waals surface area contributed by atoms with Gasteiger partial charge in [0.05, 0.1) is 16.9 Å². The molecule has 0 amide bonds. The molecule has 0 saturated heterocycles. The lowest BCUT2D eigenvalue weighted by Gasteiger charge is -1.98. The van der Waals surface area contributed by atoms with E-state index < -0.39 is 0 Å². The highest BCUT2D eigenvalue weighted by Gasteiger charge is 1.99. The zero-order valence-corrected chi connectivity index (χ0v) is 8.02. The van der Waals surface area contributed by atoms with Crippen LogP contribution >= 0.6 is 15.9 Å². The second kappa shape index (κ2) is 3.53. The Kier molecular flexibility index (Phi) is 2.22. The van der Waals surface area contributed by atoms with Crippen LogP contribution in [0.5, 0.6) is 11.8 Å². The van der Waals surface area contributed by atoms with E-state index in [2.05, 4.69) is 36.1 Å². The van der Waals surface area contributed by atoms with E-state index in [1.165, 1.54) is 0 Å². The minimum atomic E-state index is 0.296. The summed E-state index contributed by atoms with van der Waals surface area (Å²) in [7, 11) is 0. The van der Waals surface area contributed by atoms with E-state index in [1.807, 2.05) is 0 Å². The highest BCUT2D eigenvalue weighted by atomic mass is 79.9. The topological polar surface area (TPSA) is 63.7 Å². The van der Waals surface area contributed by atoms with Gasteiger partial charge in [-0.3, -0.25) is 5.10 Å². The Labute approximate surface area is 82.3 Å². The molecule has 2 aromatic rings. The first-order chi connectivity index (χ1) is 6.34. The molecule has 0 aliphatic rings. The molecule has 2 aromatic heterocycles. The fraction of sp³-hybridized carbons (Fsp3) is 0. The van der Waals surface area contributed by atoms with Crippen LogP contribution in [-0.4, -0.2) is 20.2 Å². The summed E-state index contributed by atoms with van der Waals surface area (Å²) in [5.74, 6) is 0.585. The van der Waals surface area contributed by atoms with Crippen molar-refractivity contribution >= 4 is 15.9 Å². The SMILES string of the molecule is Brc1cnc(Oc2cn[nH]c2)nc1. The standard InChI is InChI=1S/C7H5BrN4O/c8-5-1-9-7(10-2-5)13-6-3-11-12-4-6/h1-4H,(H,11,12). The van der Waals surface area contributed by atoms with E-state index in [0.29, 0.717) is 11.8 Å². The zero-order chi connectivity index (χ0) is 9.10. The third-order valence-electron chi connectivity index (χ3n) is 1.28. The fourth-order valence-corrected chi connectivity index (χ4v) is 0.958. The molecule has 0 spiro atoms. The van der Waals surface area contributed by atoms with Crippen LogP contribution in [0.25, 0.3) is 0 Å². The van der Waals surface area contributed by atoms with Crippen molar-refractivity contribution in [3.8, 4) is 11.8 Å². The van der Waals surface area contributed by atoms with Gasteiger partial charge in [-0.05, 0) is 15.9 Å². The second-order valence-corrected chi connectivity index (χ2v) is 3.14. The monoisotopic (exact) mass is 240 g/mol. The average molecular weight is 241 g/mol. The van der Waals surface area contributed by atoms with Crippen molar-refractivity contribution in [1.29, 1.82) is 0 Å². The first-order valence-electron chi connectivity index (χ1n) is 3.49. The lowest BCUT2D eigenvalue weighted by atomic mass is 10.6. The van der Waals surface area contributed by atoms with Gasteiger partial charge in [0.1, 0.15) is 0 Å². The average Bonchev–Trinajstić information content (AvgIpc) is 2.62. The predicted molar refractivity (Wildman–Crippen MR) is 48.4 cm³/mol. The van der Waals surface area contributed by atoms with E-state index in [4.69, 9.17) is 4.74 Å². The lowest BCUT2D eigenvalue weighted by molar-refractivity contribution is 0.441. The molecule has 0 saturated carbocycles. The zero-order valence-electron chi connectivity index (χ0n) is 6.44. The van der Waals surface area contributed by atoms with Crippen LogP contribution in [0.4, 0.5) is 0 Å². The van der Waals surface area contributed by atoms with E-state index in [9.17, 15) is 0 Å². The van der Waals surface area contributed by atoms with Gasteiger partial charge in [-0.25, -0.2) is 9.97 Å². The number of hydrogen-bond acceptors (Lipinski definition) is 4.